The van der Waals surface area contributed by atoms with Gasteiger partial charge in [0, 0.05) is 29.9 Å². The Bertz CT molecular complexity index is 1890. The van der Waals surface area contributed by atoms with E-state index in [9.17, 15) is 26.8 Å². The molecule has 1 saturated carbocycles. The molecule has 272 valence electrons. The average Bonchev–Trinajstić information content (AvgIpc) is 3.80. The van der Waals surface area contributed by atoms with Crippen LogP contribution in [0.25, 0.3) is 22.0 Å². The van der Waals surface area contributed by atoms with Crippen molar-refractivity contribution in [2.45, 2.75) is 78.3 Å². The number of hydrogen-bond donors (Lipinski definition) is 3. The number of esters is 1. The Morgan fingerprint density at radius 2 is 1.82 bits per heavy atom. The van der Waals surface area contributed by atoms with Crippen molar-refractivity contribution in [3.8, 4) is 22.0 Å². The minimum Gasteiger partial charge on any atom is -0.441 e. The summed E-state index contributed by atoms with van der Waals surface area (Å²) in [6, 6.07) is 1.10. The van der Waals surface area contributed by atoms with Crippen LogP contribution >= 0.6 is 11.3 Å². The van der Waals surface area contributed by atoms with Gasteiger partial charge in [-0.1, -0.05) is 20.8 Å². The highest BCUT2D eigenvalue weighted by Crippen LogP contribution is 2.35. The summed E-state index contributed by atoms with van der Waals surface area (Å²) in [4.78, 5) is 33.7. The molecule has 0 radical (unpaired) electrons. The van der Waals surface area contributed by atoms with E-state index in [0.29, 0.717) is 23.4 Å². The molecule has 50 heavy (non-hydrogen) atoms. The molecular formula is C31H40F2N8O7S2. The van der Waals surface area contributed by atoms with E-state index in [1.807, 2.05) is 27.7 Å². The number of aromatic nitrogens is 6. The topological polar surface area (TPSA) is 206 Å². The third-order valence-electron chi connectivity index (χ3n) is 7.58. The zero-order valence-electron chi connectivity index (χ0n) is 28.2. The van der Waals surface area contributed by atoms with E-state index >= 15 is 0 Å². The van der Waals surface area contributed by atoms with Crippen molar-refractivity contribution in [3.63, 3.8) is 0 Å². The third-order valence-corrected chi connectivity index (χ3v) is 8.47. The van der Waals surface area contributed by atoms with Crippen molar-refractivity contribution >= 4 is 39.0 Å². The Kier molecular flexibility index (Phi) is 12.5. The highest BCUT2D eigenvalue weighted by atomic mass is 32.2. The number of nitrogens with zero attached hydrogens (tertiary/aromatic N) is 6. The van der Waals surface area contributed by atoms with E-state index in [-0.39, 0.29) is 41.6 Å². The predicted molar refractivity (Wildman–Crippen MR) is 181 cm³/mol. The van der Waals surface area contributed by atoms with E-state index in [0.717, 1.165) is 37.8 Å². The molecule has 0 bridgehead atoms. The molecule has 0 aromatic carbocycles. The molecule has 19 heteroatoms. The number of carbonyl (C=O) groups is 2. The zero-order valence-corrected chi connectivity index (χ0v) is 29.8. The number of ether oxygens (including phenoxy) is 2. The summed E-state index contributed by atoms with van der Waals surface area (Å²) in [5.41, 5.74) is 6.11. The van der Waals surface area contributed by atoms with Crippen LogP contribution in [0, 0.1) is 17.2 Å². The van der Waals surface area contributed by atoms with Crippen LogP contribution in [0.2, 0.25) is 0 Å². The lowest BCUT2D eigenvalue weighted by molar-refractivity contribution is -0.152. The lowest BCUT2D eigenvalue weighted by Crippen LogP contribution is -2.43. The maximum atomic E-state index is 14.8. The molecule has 5 rings (SSSR count). The van der Waals surface area contributed by atoms with Gasteiger partial charge in [-0.25, -0.2) is 19.0 Å². The largest absolute Gasteiger partial charge is 0.441 e. The number of carbonyl (C=O) groups excluding carboxylic acids is 2. The number of rotatable bonds is 10. The molecule has 4 heterocycles. The van der Waals surface area contributed by atoms with Crippen LogP contribution in [-0.4, -0.2) is 79.4 Å². The van der Waals surface area contributed by atoms with Crippen LogP contribution in [0.5, 0.6) is 0 Å². The molecule has 1 aliphatic rings. The molecule has 15 nitrogen and oxygen atoms in total. The number of thiazole rings is 1. The Morgan fingerprint density at radius 3 is 2.46 bits per heavy atom. The number of anilines is 1. The number of nitrogens with one attached hydrogen (secondary N) is 1. The van der Waals surface area contributed by atoms with E-state index < -0.39 is 45.2 Å². The summed E-state index contributed by atoms with van der Waals surface area (Å²) >= 11 is 1.22. The van der Waals surface area contributed by atoms with Gasteiger partial charge in [0.05, 0.1) is 30.3 Å². The SMILES string of the molecule is CCOC1CCC(n2cc(NC(=O)c3csc(-c4cnn(COC(=O)[C@@H](N)C(C)(C)C)c4)n3)c(-c3nc(F)ccc3F)n2)CC1.CS(=O)(=O)O. The summed E-state index contributed by atoms with van der Waals surface area (Å²) in [7, 11) is -3.67. The highest BCUT2D eigenvalue weighted by Gasteiger charge is 2.29. The highest BCUT2D eigenvalue weighted by molar-refractivity contribution is 7.85. The van der Waals surface area contributed by atoms with E-state index in [2.05, 4.69) is 25.5 Å². The molecule has 1 aliphatic carbocycles. The number of amides is 1. The molecule has 0 aliphatic heterocycles. The van der Waals surface area contributed by atoms with Crippen molar-refractivity contribution in [1.29, 1.82) is 0 Å². The van der Waals surface area contributed by atoms with E-state index in [4.69, 9.17) is 19.8 Å². The van der Waals surface area contributed by atoms with E-state index in [1.54, 1.807) is 28.7 Å². The fourth-order valence-electron chi connectivity index (χ4n) is 4.96. The first-order chi connectivity index (χ1) is 23.4. The van der Waals surface area contributed by atoms with Gasteiger partial charge in [0.2, 0.25) is 5.95 Å². The molecule has 4 aromatic rings. The number of pyridine rings is 1. The molecule has 0 saturated heterocycles. The normalized spacial score (nSPS) is 17.1. The fourth-order valence-corrected chi connectivity index (χ4v) is 5.73. The van der Waals surface area contributed by atoms with Crippen LogP contribution < -0.4 is 11.1 Å². The Morgan fingerprint density at radius 1 is 1.14 bits per heavy atom. The monoisotopic (exact) mass is 738 g/mol. The minimum absolute atomic E-state index is 0.00591. The van der Waals surface area contributed by atoms with Gasteiger partial charge in [-0.2, -0.15) is 23.0 Å². The summed E-state index contributed by atoms with van der Waals surface area (Å²) in [5, 5.41) is 13.6. The van der Waals surface area contributed by atoms with Gasteiger partial charge in [0.1, 0.15) is 28.1 Å². The Balaban J connectivity index is 0.00000105. The fraction of sp³-hybridized carbons (Fsp3) is 0.484. The summed E-state index contributed by atoms with van der Waals surface area (Å²) < 4.78 is 68.9. The van der Waals surface area contributed by atoms with Crippen LogP contribution in [0.15, 0.2) is 36.1 Å². The maximum absolute atomic E-state index is 14.8. The van der Waals surface area contributed by atoms with Crippen molar-refractivity contribution < 1.29 is 40.8 Å². The molecule has 0 unspecified atom stereocenters. The Labute approximate surface area is 292 Å². The van der Waals surface area contributed by atoms with Crippen LogP contribution in [-0.2, 0) is 31.1 Å². The van der Waals surface area contributed by atoms with Gasteiger partial charge < -0.3 is 20.5 Å². The van der Waals surface area contributed by atoms with Crippen LogP contribution in [0.3, 0.4) is 0 Å². The van der Waals surface area contributed by atoms with Gasteiger partial charge in [0.15, 0.2) is 12.5 Å². The second-order valence-electron chi connectivity index (χ2n) is 12.7. The second-order valence-corrected chi connectivity index (χ2v) is 15.0. The van der Waals surface area contributed by atoms with Gasteiger partial charge in [0.25, 0.3) is 16.0 Å². The number of hydrogen-bond acceptors (Lipinski definition) is 12. The smallest absolute Gasteiger partial charge is 0.325 e. The molecular weight excluding hydrogens is 699 g/mol. The Hall–Kier alpha value is -4.17. The lowest BCUT2D eigenvalue weighted by atomic mass is 9.87. The summed E-state index contributed by atoms with van der Waals surface area (Å²) in [6.45, 7) is 8.01. The minimum atomic E-state index is -3.67. The van der Waals surface area contributed by atoms with Gasteiger partial charge in [-0.15, -0.1) is 11.3 Å². The van der Waals surface area contributed by atoms with Crippen LogP contribution in [0.1, 0.15) is 69.9 Å². The lowest BCUT2D eigenvalue weighted by Gasteiger charge is -2.28. The van der Waals surface area contributed by atoms with Crippen molar-refractivity contribution in [3.05, 3.63) is 53.6 Å². The van der Waals surface area contributed by atoms with Gasteiger partial charge in [-0.3, -0.25) is 18.8 Å². The molecule has 4 N–H and O–H groups in total. The van der Waals surface area contributed by atoms with Gasteiger partial charge >= 0.3 is 5.97 Å². The van der Waals surface area contributed by atoms with Crippen molar-refractivity contribution in [1.82, 2.24) is 29.5 Å². The quantitative estimate of drug-likeness (QED) is 0.115. The first-order valence-electron chi connectivity index (χ1n) is 15.6. The predicted octanol–water partition coefficient (Wildman–Crippen LogP) is 4.69. The van der Waals surface area contributed by atoms with E-state index in [1.165, 1.54) is 16.0 Å². The standard InChI is InChI=1S/C30H36F2N8O4S.CH4O3S/c1-5-43-19-8-6-18(7-9-19)40-14-21(25(38-40)24-20(31)10-11-23(32)37-24)35-27(41)22-15-45-28(36-22)17-12-34-39(13-17)16-44-29(42)26(33)30(2,3)4;1-5(2,3)4/h10-15,18-19,26H,5-9,16,33H2,1-4H3,(H,35,41);1H3,(H,2,3,4)/t18?,19?,26-;/m1./s1. The van der Waals surface area contributed by atoms with Crippen molar-refractivity contribution in [2.24, 2.45) is 11.1 Å². The summed E-state index contributed by atoms with van der Waals surface area (Å²) in [5.74, 6) is -2.74. The second kappa shape index (κ2) is 16.2. The summed E-state index contributed by atoms with van der Waals surface area (Å²) in [6.07, 6.45) is 8.93. The first kappa shape index (κ1) is 38.6. The molecule has 1 atom stereocenters. The number of halogens is 2. The average molecular weight is 739 g/mol. The molecule has 1 amide bonds. The third kappa shape index (κ3) is 10.7. The molecule has 0 spiro atoms. The molecule has 1 fully saturated rings. The first-order valence-corrected chi connectivity index (χ1v) is 18.3. The number of nitrogens with two attached hydrogens (primary N) is 1. The van der Waals surface area contributed by atoms with Crippen molar-refractivity contribution in [2.75, 3.05) is 18.2 Å². The van der Waals surface area contributed by atoms with Crippen LogP contribution in [0.4, 0.5) is 14.5 Å². The van der Waals surface area contributed by atoms with Gasteiger partial charge in [-0.05, 0) is 50.2 Å². The zero-order chi connectivity index (χ0) is 36.8. The maximum Gasteiger partial charge on any atom is 0.325 e. The molecule has 4 aromatic heterocycles.